The predicted octanol–water partition coefficient (Wildman–Crippen LogP) is 5.07. The van der Waals surface area contributed by atoms with Crippen LogP contribution in [0.2, 0.25) is 0 Å². The van der Waals surface area contributed by atoms with Gasteiger partial charge in [0.15, 0.2) is 0 Å². The molecule has 0 aliphatic heterocycles. The lowest BCUT2D eigenvalue weighted by Gasteiger charge is -2.27. The lowest BCUT2D eigenvalue weighted by Crippen LogP contribution is -2.28. The second-order valence-electron chi connectivity index (χ2n) is 7.59. The second kappa shape index (κ2) is 9.78. The lowest BCUT2D eigenvalue weighted by molar-refractivity contribution is 0.0108. The molecule has 0 saturated heterocycles. The highest BCUT2D eigenvalue weighted by Gasteiger charge is 2.24. The third kappa shape index (κ3) is 11.7. The zero-order valence-electron chi connectivity index (χ0n) is 14.5. The van der Waals surface area contributed by atoms with Gasteiger partial charge in [-0.05, 0) is 51.9 Å². The molecule has 20 heavy (non-hydrogen) atoms. The van der Waals surface area contributed by atoms with Gasteiger partial charge in [0.25, 0.3) is 0 Å². The average molecular weight is 286 g/mol. The molecule has 2 heteroatoms. The lowest BCUT2D eigenvalue weighted by atomic mass is 9.87. The summed E-state index contributed by atoms with van der Waals surface area (Å²) in [6, 6.07) is 0. The zero-order valence-corrected chi connectivity index (χ0v) is 14.5. The Balaban J connectivity index is 3.83. The van der Waals surface area contributed by atoms with E-state index in [-0.39, 0.29) is 0 Å². The summed E-state index contributed by atoms with van der Waals surface area (Å²) in [5.74, 6) is 0.713. The number of rotatable bonds is 12. The van der Waals surface area contributed by atoms with Crippen LogP contribution in [0.5, 0.6) is 0 Å². The first-order chi connectivity index (χ1) is 9.18. The fourth-order valence-corrected chi connectivity index (χ4v) is 2.75. The van der Waals surface area contributed by atoms with Gasteiger partial charge in [0.1, 0.15) is 0 Å². The molecular formula is C18H38O2. The van der Waals surface area contributed by atoms with E-state index in [0.29, 0.717) is 5.92 Å². The Morgan fingerprint density at radius 3 is 1.65 bits per heavy atom. The SMILES string of the molecule is CCCCCC(C)(O)CCCC(C)(O)CCCC(C)C. The number of aliphatic hydroxyl groups is 2. The molecule has 2 nitrogen and oxygen atoms in total. The standard InChI is InChI=1S/C18H38O2/c1-6-7-8-12-17(4,19)14-10-15-18(5,20)13-9-11-16(2)3/h16,19-20H,6-15H2,1-5H3. The Bertz CT molecular complexity index is 232. The monoisotopic (exact) mass is 286 g/mol. The molecule has 2 atom stereocenters. The van der Waals surface area contributed by atoms with E-state index in [1.54, 1.807) is 0 Å². The smallest absolute Gasteiger partial charge is 0.0619 e. The minimum absolute atomic E-state index is 0.552. The molecule has 0 aromatic heterocycles. The van der Waals surface area contributed by atoms with E-state index in [1.807, 2.05) is 13.8 Å². The van der Waals surface area contributed by atoms with Crippen molar-refractivity contribution in [2.45, 2.75) is 110 Å². The maximum Gasteiger partial charge on any atom is 0.0619 e. The molecular weight excluding hydrogens is 248 g/mol. The molecule has 0 amide bonds. The van der Waals surface area contributed by atoms with Crippen LogP contribution in [0.15, 0.2) is 0 Å². The fourth-order valence-electron chi connectivity index (χ4n) is 2.75. The Labute approximate surface area is 127 Å². The van der Waals surface area contributed by atoms with Crippen LogP contribution in [-0.2, 0) is 0 Å². The first-order valence-electron chi connectivity index (χ1n) is 8.63. The molecule has 2 unspecified atom stereocenters. The van der Waals surface area contributed by atoms with Gasteiger partial charge in [0, 0.05) is 0 Å². The van der Waals surface area contributed by atoms with Gasteiger partial charge in [-0.2, -0.15) is 0 Å². The summed E-state index contributed by atoms with van der Waals surface area (Å²) in [6.45, 7) is 10.5. The maximum absolute atomic E-state index is 10.4. The third-order valence-corrected chi connectivity index (χ3v) is 4.25. The van der Waals surface area contributed by atoms with Crippen molar-refractivity contribution in [2.75, 3.05) is 0 Å². The molecule has 0 radical (unpaired) electrons. The van der Waals surface area contributed by atoms with Gasteiger partial charge in [-0.1, -0.05) is 52.9 Å². The van der Waals surface area contributed by atoms with Crippen molar-refractivity contribution in [1.29, 1.82) is 0 Å². The Kier molecular flexibility index (Phi) is 9.74. The molecule has 0 bridgehead atoms. The van der Waals surface area contributed by atoms with Crippen LogP contribution in [0.3, 0.4) is 0 Å². The van der Waals surface area contributed by atoms with Crippen molar-refractivity contribution in [3.05, 3.63) is 0 Å². The second-order valence-corrected chi connectivity index (χ2v) is 7.59. The van der Waals surface area contributed by atoms with Gasteiger partial charge in [0.05, 0.1) is 11.2 Å². The van der Waals surface area contributed by atoms with Gasteiger partial charge < -0.3 is 10.2 Å². The molecule has 0 heterocycles. The predicted molar refractivity (Wildman–Crippen MR) is 87.9 cm³/mol. The van der Waals surface area contributed by atoms with Crippen LogP contribution in [0.25, 0.3) is 0 Å². The Morgan fingerprint density at radius 2 is 1.20 bits per heavy atom. The van der Waals surface area contributed by atoms with Crippen LogP contribution in [0.1, 0.15) is 98.8 Å². The number of hydrogen-bond acceptors (Lipinski definition) is 2. The first kappa shape index (κ1) is 19.9. The average Bonchev–Trinajstić information content (AvgIpc) is 2.27. The Hall–Kier alpha value is -0.0800. The van der Waals surface area contributed by atoms with E-state index in [2.05, 4.69) is 20.8 Å². The van der Waals surface area contributed by atoms with Crippen LogP contribution >= 0.6 is 0 Å². The molecule has 0 saturated carbocycles. The van der Waals surface area contributed by atoms with Crippen molar-refractivity contribution in [3.8, 4) is 0 Å². The van der Waals surface area contributed by atoms with E-state index in [1.165, 1.54) is 19.3 Å². The third-order valence-electron chi connectivity index (χ3n) is 4.25. The summed E-state index contributed by atoms with van der Waals surface area (Å²) >= 11 is 0. The zero-order chi connectivity index (χ0) is 15.6. The van der Waals surface area contributed by atoms with Crippen LogP contribution < -0.4 is 0 Å². The van der Waals surface area contributed by atoms with Crippen molar-refractivity contribution >= 4 is 0 Å². The van der Waals surface area contributed by atoms with Crippen LogP contribution in [0, 0.1) is 5.92 Å². The summed E-state index contributed by atoms with van der Waals surface area (Å²) in [6.07, 6.45) is 10.1. The molecule has 0 rings (SSSR count). The first-order valence-corrected chi connectivity index (χ1v) is 8.63. The van der Waals surface area contributed by atoms with Crippen molar-refractivity contribution in [1.82, 2.24) is 0 Å². The normalized spacial score (nSPS) is 18.0. The largest absolute Gasteiger partial charge is 0.390 e. The van der Waals surface area contributed by atoms with Gasteiger partial charge in [-0.15, -0.1) is 0 Å². The maximum atomic E-state index is 10.4. The van der Waals surface area contributed by atoms with E-state index in [4.69, 9.17) is 0 Å². The molecule has 122 valence electrons. The summed E-state index contributed by atoms with van der Waals surface area (Å²) in [5, 5.41) is 20.7. The summed E-state index contributed by atoms with van der Waals surface area (Å²) < 4.78 is 0. The number of hydrogen-bond donors (Lipinski definition) is 2. The highest BCUT2D eigenvalue weighted by atomic mass is 16.3. The van der Waals surface area contributed by atoms with Crippen molar-refractivity contribution in [3.63, 3.8) is 0 Å². The quantitative estimate of drug-likeness (QED) is 0.492. The van der Waals surface area contributed by atoms with Gasteiger partial charge in [-0.3, -0.25) is 0 Å². The minimum Gasteiger partial charge on any atom is -0.390 e. The molecule has 0 aliphatic rings. The molecule has 0 aromatic carbocycles. The van der Waals surface area contributed by atoms with E-state index in [9.17, 15) is 10.2 Å². The molecule has 0 fully saturated rings. The van der Waals surface area contributed by atoms with Crippen LogP contribution in [0.4, 0.5) is 0 Å². The van der Waals surface area contributed by atoms with Crippen molar-refractivity contribution < 1.29 is 10.2 Å². The van der Waals surface area contributed by atoms with E-state index >= 15 is 0 Å². The Morgan fingerprint density at radius 1 is 0.750 bits per heavy atom. The molecule has 0 aromatic rings. The summed E-state index contributed by atoms with van der Waals surface area (Å²) in [4.78, 5) is 0. The van der Waals surface area contributed by atoms with E-state index in [0.717, 1.165) is 44.9 Å². The van der Waals surface area contributed by atoms with Crippen molar-refractivity contribution in [2.24, 2.45) is 5.92 Å². The number of unbranched alkanes of at least 4 members (excludes halogenated alkanes) is 2. The minimum atomic E-state index is -0.561. The molecule has 0 spiro atoms. The van der Waals surface area contributed by atoms with Gasteiger partial charge in [-0.25, -0.2) is 0 Å². The van der Waals surface area contributed by atoms with Gasteiger partial charge in [0.2, 0.25) is 0 Å². The highest BCUT2D eigenvalue weighted by molar-refractivity contribution is 4.77. The molecule has 2 N–H and O–H groups in total. The van der Waals surface area contributed by atoms with Gasteiger partial charge >= 0.3 is 0 Å². The summed E-state index contributed by atoms with van der Waals surface area (Å²) in [7, 11) is 0. The van der Waals surface area contributed by atoms with Crippen LogP contribution in [-0.4, -0.2) is 21.4 Å². The van der Waals surface area contributed by atoms with E-state index < -0.39 is 11.2 Å². The topological polar surface area (TPSA) is 40.5 Å². The highest BCUT2D eigenvalue weighted by Crippen LogP contribution is 2.26. The summed E-state index contributed by atoms with van der Waals surface area (Å²) in [5.41, 5.74) is -1.11. The fraction of sp³-hybridized carbons (Fsp3) is 1.00. The molecule has 0 aliphatic carbocycles.